The van der Waals surface area contributed by atoms with Crippen LogP contribution in [0.4, 0.5) is 5.69 Å². The smallest absolute Gasteiger partial charge is 0.289 e. The second-order valence-corrected chi connectivity index (χ2v) is 4.99. The van der Waals surface area contributed by atoms with Crippen LogP contribution in [0.1, 0.15) is 16.3 Å². The van der Waals surface area contributed by atoms with Gasteiger partial charge in [-0.15, -0.1) is 11.6 Å². The molecule has 0 bridgehead atoms. The Morgan fingerprint density at radius 1 is 1.30 bits per heavy atom. The van der Waals surface area contributed by atoms with Crippen molar-refractivity contribution in [3.05, 3.63) is 58.0 Å². The molecule has 23 heavy (non-hydrogen) atoms. The predicted octanol–water partition coefficient (Wildman–Crippen LogP) is 3.08. The summed E-state index contributed by atoms with van der Waals surface area (Å²) in [6.07, 6.45) is 0. The number of non-ortho nitro benzene ring substituents is 1. The van der Waals surface area contributed by atoms with Gasteiger partial charge in [0.2, 0.25) is 0 Å². The average molecular weight is 339 g/mol. The normalized spacial score (nSPS) is 10.3. The van der Waals surface area contributed by atoms with Gasteiger partial charge in [-0.25, -0.2) is 0 Å². The summed E-state index contributed by atoms with van der Waals surface area (Å²) in [5.74, 6) is 1.19. The van der Waals surface area contributed by atoms with E-state index in [0.717, 1.165) is 0 Å². The number of hydrogen-bond donors (Lipinski definition) is 0. The number of ether oxygens (including phenoxy) is 1. The van der Waals surface area contributed by atoms with E-state index in [1.165, 1.54) is 29.2 Å². The first-order valence-corrected chi connectivity index (χ1v) is 7.32. The van der Waals surface area contributed by atoms with Crippen molar-refractivity contribution >= 4 is 23.2 Å². The minimum absolute atomic E-state index is 0.00226. The van der Waals surface area contributed by atoms with E-state index in [1.54, 1.807) is 19.2 Å². The first kappa shape index (κ1) is 16.8. The van der Waals surface area contributed by atoms with Crippen LogP contribution in [0.5, 0.6) is 5.75 Å². The molecule has 122 valence electrons. The molecule has 0 saturated carbocycles. The lowest BCUT2D eigenvalue weighted by atomic mass is 10.3. The Balaban J connectivity index is 1.83. The number of furan rings is 1. The first-order chi connectivity index (χ1) is 11.0. The lowest BCUT2D eigenvalue weighted by Gasteiger charge is -2.16. The van der Waals surface area contributed by atoms with Gasteiger partial charge in [-0.3, -0.25) is 14.9 Å². The zero-order valence-corrected chi connectivity index (χ0v) is 13.2. The Kier molecular flexibility index (Phi) is 5.59. The third-order valence-corrected chi connectivity index (χ3v) is 3.36. The van der Waals surface area contributed by atoms with Crippen molar-refractivity contribution in [3.8, 4) is 5.75 Å². The summed E-state index contributed by atoms with van der Waals surface area (Å²) >= 11 is 5.63. The SMILES string of the molecule is CN(CCOc1ccc([N+](=O)[O-])cc1)C(=O)c1ccc(CCl)o1. The van der Waals surface area contributed by atoms with E-state index in [1.807, 2.05) is 0 Å². The number of rotatable bonds is 7. The second kappa shape index (κ2) is 7.64. The Hall–Kier alpha value is -2.54. The molecule has 8 heteroatoms. The van der Waals surface area contributed by atoms with Crippen LogP contribution >= 0.6 is 11.6 Å². The standard InChI is InChI=1S/C15H15ClN2O5/c1-17(15(19)14-7-6-13(10-16)23-14)8-9-22-12-4-2-11(3-5-12)18(20)21/h2-7H,8-10H2,1H3. The van der Waals surface area contributed by atoms with Crippen molar-refractivity contribution in [3.63, 3.8) is 0 Å². The number of hydrogen-bond acceptors (Lipinski definition) is 5. The number of nitrogens with zero attached hydrogens (tertiary/aromatic N) is 2. The van der Waals surface area contributed by atoms with Crippen LogP contribution in [0.2, 0.25) is 0 Å². The molecule has 1 heterocycles. The number of alkyl halides is 1. The molecule has 0 spiro atoms. The van der Waals surface area contributed by atoms with E-state index in [2.05, 4.69) is 0 Å². The van der Waals surface area contributed by atoms with E-state index in [4.69, 9.17) is 20.8 Å². The molecular formula is C15H15ClN2O5. The fourth-order valence-corrected chi connectivity index (χ4v) is 1.96. The molecule has 0 radical (unpaired) electrons. The number of likely N-dealkylation sites (N-methyl/N-ethyl adjacent to an activating group) is 1. The Morgan fingerprint density at radius 3 is 2.57 bits per heavy atom. The molecule has 0 unspecified atom stereocenters. The van der Waals surface area contributed by atoms with Crippen LogP contribution in [-0.4, -0.2) is 35.9 Å². The minimum atomic E-state index is -0.477. The monoisotopic (exact) mass is 338 g/mol. The highest BCUT2D eigenvalue weighted by atomic mass is 35.5. The van der Waals surface area contributed by atoms with Gasteiger partial charge in [0.25, 0.3) is 11.6 Å². The van der Waals surface area contributed by atoms with Crippen LogP contribution in [0.25, 0.3) is 0 Å². The molecule has 7 nitrogen and oxygen atoms in total. The molecule has 0 fully saturated rings. The number of amides is 1. The molecule has 0 aliphatic rings. The largest absolute Gasteiger partial charge is 0.492 e. The van der Waals surface area contributed by atoms with Gasteiger partial charge in [0.15, 0.2) is 5.76 Å². The van der Waals surface area contributed by atoms with Gasteiger partial charge >= 0.3 is 0 Å². The summed E-state index contributed by atoms with van der Waals surface area (Å²) in [6.45, 7) is 0.593. The summed E-state index contributed by atoms with van der Waals surface area (Å²) in [4.78, 5) is 23.6. The van der Waals surface area contributed by atoms with Gasteiger partial charge in [-0.2, -0.15) is 0 Å². The molecule has 0 N–H and O–H groups in total. The molecule has 1 amide bonds. The number of halogens is 1. The van der Waals surface area contributed by atoms with Crippen molar-refractivity contribution in [1.82, 2.24) is 4.90 Å². The highest BCUT2D eigenvalue weighted by Gasteiger charge is 2.15. The number of benzene rings is 1. The number of carbonyl (C=O) groups is 1. The van der Waals surface area contributed by atoms with Crippen molar-refractivity contribution in [2.24, 2.45) is 0 Å². The highest BCUT2D eigenvalue weighted by molar-refractivity contribution is 6.16. The molecule has 0 aliphatic carbocycles. The molecule has 1 aromatic heterocycles. The van der Waals surface area contributed by atoms with Crippen molar-refractivity contribution in [1.29, 1.82) is 0 Å². The van der Waals surface area contributed by atoms with Crippen LogP contribution in [0.3, 0.4) is 0 Å². The van der Waals surface area contributed by atoms with Gasteiger partial charge in [0.1, 0.15) is 18.1 Å². The molecule has 2 aromatic rings. The Labute approximate surface area is 137 Å². The minimum Gasteiger partial charge on any atom is -0.492 e. The Bertz CT molecular complexity index is 683. The van der Waals surface area contributed by atoms with Crippen molar-refractivity contribution < 1.29 is 18.9 Å². The van der Waals surface area contributed by atoms with Gasteiger partial charge in [0.05, 0.1) is 17.3 Å². The zero-order valence-electron chi connectivity index (χ0n) is 12.4. The number of nitro benzene ring substituents is 1. The summed E-state index contributed by atoms with van der Waals surface area (Å²) in [5.41, 5.74) is -0.00226. The van der Waals surface area contributed by atoms with E-state index in [0.29, 0.717) is 18.1 Å². The summed E-state index contributed by atoms with van der Waals surface area (Å²) in [6, 6.07) is 8.98. The molecule has 0 saturated heterocycles. The van der Waals surface area contributed by atoms with E-state index >= 15 is 0 Å². The fourth-order valence-electron chi connectivity index (χ4n) is 1.82. The highest BCUT2D eigenvalue weighted by Crippen LogP contribution is 2.17. The topological polar surface area (TPSA) is 85.8 Å². The quantitative estimate of drug-likeness (QED) is 0.440. The van der Waals surface area contributed by atoms with Gasteiger partial charge < -0.3 is 14.1 Å². The second-order valence-electron chi connectivity index (χ2n) is 4.73. The maximum absolute atomic E-state index is 12.1. The van der Waals surface area contributed by atoms with Crippen LogP contribution in [-0.2, 0) is 5.88 Å². The number of nitro groups is 1. The third-order valence-electron chi connectivity index (χ3n) is 3.09. The third kappa shape index (κ3) is 4.46. The maximum atomic E-state index is 12.1. The predicted molar refractivity (Wildman–Crippen MR) is 83.8 cm³/mol. The van der Waals surface area contributed by atoms with Crippen molar-refractivity contribution in [2.75, 3.05) is 20.2 Å². The summed E-state index contributed by atoms with van der Waals surface area (Å²) in [7, 11) is 1.63. The fraction of sp³-hybridized carbons (Fsp3) is 0.267. The lowest BCUT2D eigenvalue weighted by molar-refractivity contribution is -0.384. The number of carbonyl (C=O) groups excluding carboxylic acids is 1. The van der Waals surface area contributed by atoms with E-state index in [9.17, 15) is 14.9 Å². The van der Waals surface area contributed by atoms with Gasteiger partial charge in [0, 0.05) is 19.2 Å². The van der Waals surface area contributed by atoms with Crippen LogP contribution < -0.4 is 4.74 Å². The molecule has 0 atom stereocenters. The molecular weight excluding hydrogens is 324 g/mol. The van der Waals surface area contributed by atoms with Crippen molar-refractivity contribution in [2.45, 2.75) is 5.88 Å². The first-order valence-electron chi connectivity index (χ1n) is 6.78. The maximum Gasteiger partial charge on any atom is 0.289 e. The van der Waals surface area contributed by atoms with Crippen LogP contribution in [0, 0.1) is 10.1 Å². The van der Waals surface area contributed by atoms with Gasteiger partial charge in [-0.05, 0) is 24.3 Å². The average Bonchev–Trinajstić information content (AvgIpc) is 3.03. The molecule has 1 aromatic carbocycles. The zero-order chi connectivity index (χ0) is 16.8. The lowest BCUT2D eigenvalue weighted by Crippen LogP contribution is -2.30. The molecule has 0 aliphatic heterocycles. The van der Waals surface area contributed by atoms with Gasteiger partial charge in [-0.1, -0.05) is 0 Å². The van der Waals surface area contributed by atoms with E-state index < -0.39 is 4.92 Å². The summed E-state index contributed by atoms with van der Waals surface area (Å²) in [5, 5.41) is 10.6. The molecule has 2 rings (SSSR count). The summed E-state index contributed by atoms with van der Waals surface area (Å²) < 4.78 is 10.7. The van der Waals surface area contributed by atoms with E-state index in [-0.39, 0.29) is 29.8 Å². The Morgan fingerprint density at radius 2 is 2.00 bits per heavy atom. The van der Waals surface area contributed by atoms with Crippen LogP contribution in [0.15, 0.2) is 40.8 Å².